The van der Waals surface area contributed by atoms with E-state index in [1.54, 1.807) is 12.5 Å². The fraction of sp³-hybridized carbons (Fsp3) is 0.0417. The molecule has 2 N–H and O–H groups in total. The van der Waals surface area contributed by atoms with Gasteiger partial charge >= 0.3 is 12.1 Å². The molecular formula is C24H15F3N4O4S. The maximum Gasteiger partial charge on any atom is 0.490 e. The molecule has 5 rings (SSSR count). The number of benzene rings is 2. The molecule has 2 aromatic heterocycles. The number of aromatic nitrogens is 2. The first-order chi connectivity index (χ1) is 17.2. The second-order valence-corrected chi connectivity index (χ2v) is 8.19. The Morgan fingerprint density at radius 2 is 1.92 bits per heavy atom. The number of fused-ring (bicyclic) bond motifs is 1. The van der Waals surface area contributed by atoms with Gasteiger partial charge in [-0.1, -0.05) is 24.3 Å². The van der Waals surface area contributed by atoms with Gasteiger partial charge in [0.25, 0.3) is 5.91 Å². The van der Waals surface area contributed by atoms with Gasteiger partial charge in [0.05, 0.1) is 16.1 Å². The van der Waals surface area contributed by atoms with Gasteiger partial charge in [-0.3, -0.25) is 9.78 Å². The summed E-state index contributed by atoms with van der Waals surface area (Å²) in [5, 5.41) is 11.5. The molecule has 1 aliphatic rings. The Kier molecular flexibility index (Phi) is 7.15. The summed E-state index contributed by atoms with van der Waals surface area (Å²) in [4.78, 5) is 34.9. The van der Waals surface area contributed by atoms with Crippen molar-refractivity contribution in [2.75, 3.05) is 0 Å². The molecule has 0 spiro atoms. The molecule has 3 heterocycles. The molecule has 2 aromatic carbocycles. The molecule has 36 heavy (non-hydrogen) atoms. The summed E-state index contributed by atoms with van der Waals surface area (Å²) in [6, 6.07) is 17.4. The second-order valence-electron chi connectivity index (χ2n) is 7.16. The lowest BCUT2D eigenvalue weighted by atomic mass is 10.1. The van der Waals surface area contributed by atoms with Crippen molar-refractivity contribution in [1.82, 2.24) is 15.3 Å². The van der Waals surface area contributed by atoms with E-state index in [1.807, 2.05) is 60.7 Å². The highest BCUT2D eigenvalue weighted by molar-refractivity contribution is 8.18. The number of pyridine rings is 1. The average molecular weight is 512 g/mol. The number of oxazole rings is 1. The van der Waals surface area contributed by atoms with Crippen LogP contribution >= 0.6 is 11.8 Å². The molecule has 182 valence electrons. The van der Waals surface area contributed by atoms with Crippen LogP contribution in [0.5, 0.6) is 0 Å². The molecule has 1 amide bonds. The van der Waals surface area contributed by atoms with Gasteiger partial charge in [0, 0.05) is 17.1 Å². The maximum atomic E-state index is 12.4. The van der Waals surface area contributed by atoms with E-state index in [0.29, 0.717) is 10.1 Å². The second kappa shape index (κ2) is 10.4. The van der Waals surface area contributed by atoms with E-state index in [9.17, 15) is 18.0 Å². The van der Waals surface area contributed by atoms with Gasteiger partial charge in [-0.15, -0.1) is 0 Å². The smallest absolute Gasteiger partial charge is 0.475 e. The lowest BCUT2D eigenvalue weighted by Gasteiger charge is -2.00. The highest BCUT2D eigenvalue weighted by Gasteiger charge is 2.38. The number of alkyl halides is 3. The molecular weight excluding hydrogens is 497 g/mol. The molecule has 8 nitrogen and oxygen atoms in total. The van der Waals surface area contributed by atoms with Crippen molar-refractivity contribution in [3.8, 4) is 11.3 Å². The maximum absolute atomic E-state index is 12.4. The zero-order valence-corrected chi connectivity index (χ0v) is 18.9. The van der Waals surface area contributed by atoms with Crippen LogP contribution in [0, 0.1) is 0 Å². The first kappa shape index (κ1) is 24.7. The lowest BCUT2D eigenvalue weighted by Crippen LogP contribution is -2.21. The number of aliphatic imine (C=N–C) groups is 1. The van der Waals surface area contributed by atoms with Crippen LogP contribution in [0.25, 0.3) is 28.2 Å². The Balaban J connectivity index is 0.000000384. The minimum atomic E-state index is -5.08. The summed E-state index contributed by atoms with van der Waals surface area (Å²) in [7, 11) is 0. The predicted molar refractivity (Wildman–Crippen MR) is 128 cm³/mol. The molecule has 4 aromatic rings. The van der Waals surface area contributed by atoms with Gasteiger partial charge in [-0.2, -0.15) is 13.2 Å². The van der Waals surface area contributed by atoms with E-state index < -0.39 is 12.1 Å². The highest BCUT2D eigenvalue weighted by Crippen LogP contribution is 2.30. The quantitative estimate of drug-likeness (QED) is 0.352. The summed E-state index contributed by atoms with van der Waals surface area (Å²) in [6.45, 7) is 0. The number of amides is 1. The van der Waals surface area contributed by atoms with Crippen LogP contribution in [-0.4, -0.2) is 38.3 Å². The number of halogens is 3. The SMILES string of the molecule is O=C(O)C(F)(F)F.O=C1NC(=Nc2cccc(-c3cocn3)c2)S/C1=C\c1ccc2ncccc2c1. The van der Waals surface area contributed by atoms with E-state index in [1.165, 1.54) is 18.2 Å². The zero-order valence-electron chi connectivity index (χ0n) is 18.1. The van der Waals surface area contributed by atoms with Crippen LogP contribution in [0.3, 0.4) is 0 Å². The highest BCUT2D eigenvalue weighted by atomic mass is 32.2. The van der Waals surface area contributed by atoms with E-state index >= 15 is 0 Å². The first-order valence-electron chi connectivity index (χ1n) is 10.1. The molecule has 0 aliphatic carbocycles. The average Bonchev–Trinajstić information content (AvgIpc) is 3.49. The third-order valence-corrected chi connectivity index (χ3v) is 5.53. The molecule has 0 radical (unpaired) electrons. The number of hydrogen-bond acceptors (Lipinski definition) is 7. The van der Waals surface area contributed by atoms with Crippen molar-refractivity contribution in [2.24, 2.45) is 4.99 Å². The number of rotatable bonds is 3. The predicted octanol–water partition coefficient (Wildman–Crippen LogP) is 5.41. The number of carbonyl (C=O) groups excluding carboxylic acids is 1. The molecule has 0 saturated carbocycles. The van der Waals surface area contributed by atoms with Crippen molar-refractivity contribution in [2.45, 2.75) is 6.18 Å². The van der Waals surface area contributed by atoms with Gasteiger partial charge in [-0.05, 0) is 53.7 Å². The third kappa shape index (κ3) is 6.16. The summed E-state index contributed by atoms with van der Waals surface area (Å²) in [6.07, 6.45) is 1.51. The first-order valence-corrected chi connectivity index (χ1v) is 10.9. The fourth-order valence-corrected chi connectivity index (χ4v) is 3.86. The number of hydrogen-bond donors (Lipinski definition) is 2. The van der Waals surface area contributed by atoms with Crippen LogP contribution in [0.2, 0.25) is 0 Å². The fourth-order valence-electron chi connectivity index (χ4n) is 3.02. The van der Waals surface area contributed by atoms with E-state index in [4.69, 9.17) is 14.3 Å². The third-order valence-electron chi connectivity index (χ3n) is 4.62. The number of nitrogens with zero attached hydrogens (tertiary/aromatic N) is 3. The normalized spacial score (nSPS) is 15.6. The minimum Gasteiger partial charge on any atom is -0.475 e. The standard InChI is InChI=1S/C22H14N4O2S.C2HF3O2/c27-21-20(10-14-6-7-18-15(9-14)4-2-8-23-18)29-22(26-21)25-17-5-1-3-16(11-17)19-12-28-13-24-19;3-2(4,5)1(6)7/h1-13H,(H,25,26,27);(H,6,7)/b20-10-;. The molecule has 0 atom stereocenters. The molecule has 12 heteroatoms. The lowest BCUT2D eigenvalue weighted by molar-refractivity contribution is -0.192. The number of amidine groups is 1. The Morgan fingerprint density at radius 1 is 1.11 bits per heavy atom. The van der Waals surface area contributed by atoms with Crippen molar-refractivity contribution in [1.29, 1.82) is 0 Å². The number of nitrogens with one attached hydrogen (secondary N) is 1. The van der Waals surface area contributed by atoms with E-state index in [-0.39, 0.29) is 5.91 Å². The van der Waals surface area contributed by atoms with Crippen LogP contribution in [-0.2, 0) is 9.59 Å². The summed E-state index contributed by atoms with van der Waals surface area (Å²) < 4.78 is 36.8. The van der Waals surface area contributed by atoms with Crippen molar-refractivity contribution in [3.63, 3.8) is 0 Å². The van der Waals surface area contributed by atoms with Gasteiger partial charge in [-0.25, -0.2) is 14.8 Å². The number of aliphatic carboxylic acids is 1. The topological polar surface area (TPSA) is 118 Å². The molecule has 1 aliphatic heterocycles. The van der Waals surface area contributed by atoms with Crippen LogP contribution in [0.15, 0.2) is 87.8 Å². The number of carbonyl (C=O) groups is 2. The number of carboxylic acids is 1. The van der Waals surface area contributed by atoms with Crippen LogP contribution in [0.4, 0.5) is 18.9 Å². The Morgan fingerprint density at radius 3 is 2.64 bits per heavy atom. The van der Waals surface area contributed by atoms with Crippen molar-refractivity contribution < 1.29 is 32.3 Å². The molecule has 1 saturated heterocycles. The zero-order chi connectivity index (χ0) is 25.7. The van der Waals surface area contributed by atoms with Gasteiger partial charge < -0.3 is 14.8 Å². The number of thioether (sulfide) groups is 1. The summed E-state index contributed by atoms with van der Waals surface area (Å²) >= 11 is 1.32. The molecule has 0 bridgehead atoms. The Labute approximate surface area is 205 Å². The van der Waals surface area contributed by atoms with Crippen molar-refractivity contribution >= 4 is 51.5 Å². The number of carboxylic acid groups (broad SMARTS) is 1. The Hall–Kier alpha value is -4.45. The summed E-state index contributed by atoms with van der Waals surface area (Å²) in [5.41, 5.74) is 4.23. The van der Waals surface area contributed by atoms with Crippen LogP contribution in [0.1, 0.15) is 5.56 Å². The van der Waals surface area contributed by atoms with E-state index in [0.717, 1.165) is 33.4 Å². The van der Waals surface area contributed by atoms with Gasteiger partial charge in [0.1, 0.15) is 12.0 Å². The van der Waals surface area contributed by atoms with Crippen molar-refractivity contribution in [3.05, 3.63) is 83.9 Å². The van der Waals surface area contributed by atoms with Gasteiger partial charge in [0.15, 0.2) is 11.6 Å². The molecule has 0 unspecified atom stereocenters. The summed E-state index contributed by atoms with van der Waals surface area (Å²) in [5.74, 6) is -2.92. The minimum absolute atomic E-state index is 0.160. The molecule has 1 fully saturated rings. The monoisotopic (exact) mass is 512 g/mol. The van der Waals surface area contributed by atoms with Crippen LogP contribution < -0.4 is 5.32 Å². The largest absolute Gasteiger partial charge is 0.490 e. The van der Waals surface area contributed by atoms with E-state index in [2.05, 4.69) is 20.3 Å². The van der Waals surface area contributed by atoms with Gasteiger partial charge in [0.2, 0.25) is 0 Å². The Bertz CT molecular complexity index is 1480.